The number of hydrogen-bond donors (Lipinski definition) is 2. The van der Waals surface area contributed by atoms with Crippen LogP contribution in [0.3, 0.4) is 0 Å². The molecule has 1 atom stereocenters. The van der Waals surface area contributed by atoms with Crippen LogP contribution in [0.15, 0.2) is 29.3 Å². The zero-order valence-electron chi connectivity index (χ0n) is 16.9. The molecule has 6 nitrogen and oxygen atoms in total. The second kappa shape index (κ2) is 14.0. The van der Waals surface area contributed by atoms with Crippen LogP contribution in [0.5, 0.6) is 5.75 Å². The normalized spacial score (nSPS) is 16.3. The Balaban J connectivity index is 0.00000364. The predicted octanol–water partition coefficient (Wildman–Crippen LogP) is 3.04. The highest BCUT2D eigenvalue weighted by molar-refractivity contribution is 14.0. The molecule has 0 bridgehead atoms. The molecule has 1 unspecified atom stereocenters. The maximum atomic E-state index is 5.63. The van der Waals surface area contributed by atoms with Gasteiger partial charge in [-0.15, -0.1) is 24.0 Å². The fourth-order valence-corrected chi connectivity index (χ4v) is 3.37. The second-order valence-corrected chi connectivity index (χ2v) is 6.49. The molecule has 1 saturated heterocycles. The molecule has 1 aliphatic heterocycles. The van der Waals surface area contributed by atoms with Gasteiger partial charge in [-0.2, -0.15) is 0 Å². The molecule has 1 fully saturated rings. The molecule has 0 aromatic heterocycles. The average Bonchev–Trinajstić information content (AvgIpc) is 2.69. The van der Waals surface area contributed by atoms with Gasteiger partial charge in [0, 0.05) is 25.8 Å². The minimum atomic E-state index is 0. The molecular formula is C20H35IN4O2. The Morgan fingerprint density at radius 2 is 1.89 bits per heavy atom. The predicted molar refractivity (Wildman–Crippen MR) is 122 cm³/mol. The summed E-state index contributed by atoms with van der Waals surface area (Å²) in [6.45, 7) is 7.25. The first-order valence-corrected chi connectivity index (χ1v) is 9.68. The molecule has 0 aliphatic carbocycles. The van der Waals surface area contributed by atoms with Gasteiger partial charge < -0.3 is 20.1 Å². The lowest BCUT2D eigenvalue weighted by Crippen LogP contribution is -2.40. The van der Waals surface area contributed by atoms with Crippen LogP contribution >= 0.6 is 24.0 Å². The highest BCUT2D eigenvalue weighted by Gasteiger charge is 2.24. The lowest BCUT2D eigenvalue weighted by molar-refractivity contribution is 0.165. The number of nitrogens with zero attached hydrogens (tertiary/aromatic N) is 2. The van der Waals surface area contributed by atoms with Gasteiger partial charge in [0.1, 0.15) is 5.75 Å². The van der Waals surface area contributed by atoms with Crippen molar-refractivity contribution in [2.45, 2.75) is 32.2 Å². The minimum absolute atomic E-state index is 0. The Morgan fingerprint density at radius 1 is 1.15 bits per heavy atom. The first-order valence-electron chi connectivity index (χ1n) is 9.68. The second-order valence-electron chi connectivity index (χ2n) is 6.49. The Kier molecular flexibility index (Phi) is 12.4. The van der Waals surface area contributed by atoms with Crippen molar-refractivity contribution in [1.29, 1.82) is 0 Å². The molecule has 1 aliphatic rings. The van der Waals surface area contributed by atoms with Gasteiger partial charge in [-0.1, -0.05) is 24.6 Å². The molecule has 0 saturated carbocycles. The molecule has 0 spiro atoms. The van der Waals surface area contributed by atoms with Crippen molar-refractivity contribution >= 4 is 29.9 Å². The quantitative estimate of drug-likeness (QED) is 0.241. The summed E-state index contributed by atoms with van der Waals surface area (Å²) in [6.07, 6.45) is 3.82. The molecule has 154 valence electrons. The number of halogens is 1. The number of para-hydroxylation sites is 1. The number of likely N-dealkylation sites (tertiary alicyclic amines) is 1. The Hall–Kier alpha value is -1.06. The number of hydrogen-bond acceptors (Lipinski definition) is 4. The molecule has 0 radical (unpaired) electrons. The van der Waals surface area contributed by atoms with E-state index in [1.165, 1.54) is 24.8 Å². The lowest BCUT2D eigenvalue weighted by atomic mass is 10.0. The van der Waals surface area contributed by atoms with E-state index >= 15 is 0 Å². The zero-order valence-corrected chi connectivity index (χ0v) is 19.2. The van der Waals surface area contributed by atoms with Crippen LogP contribution in [0.2, 0.25) is 0 Å². The summed E-state index contributed by atoms with van der Waals surface area (Å²) in [5.74, 6) is 1.78. The largest absolute Gasteiger partial charge is 0.496 e. The number of nitrogens with one attached hydrogen (secondary N) is 2. The summed E-state index contributed by atoms with van der Waals surface area (Å²) in [5.41, 5.74) is 1.22. The standard InChI is InChI=1S/C20H34N4O2.HI/c1-4-21-20(22-12-15-25-2)23-16-18(24-13-8-5-9-14-24)17-10-6-7-11-19(17)26-3;/h6-7,10-11,18H,4-5,8-9,12-16H2,1-3H3,(H2,21,22,23);1H. The molecular weight excluding hydrogens is 455 g/mol. The van der Waals surface area contributed by atoms with Crippen molar-refractivity contribution in [2.24, 2.45) is 4.99 Å². The van der Waals surface area contributed by atoms with Gasteiger partial charge in [0.2, 0.25) is 0 Å². The number of rotatable bonds is 9. The van der Waals surface area contributed by atoms with E-state index in [4.69, 9.17) is 14.5 Å². The van der Waals surface area contributed by atoms with Crippen LogP contribution in [-0.2, 0) is 4.74 Å². The van der Waals surface area contributed by atoms with E-state index in [1.54, 1.807) is 14.2 Å². The van der Waals surface area contributed by atoms with Crippen LogP contribution in [-0.4, -0.2) is 64.4 Å². The highest BCUT2D eigenvalue weighted by atomic mass is 127. The first-order chi connectivity index (χ1) is 12.8. The number of aliphatic imine (C=N–C) groups is 1. The van der Waals surface area contributed by atoms with Crippen molar-refractivity contribution in [1.82, 2.24) is 15.5 Å². The highest BCUT2D eigenvalue weighted by Crippen LogP contribution is 2.31. The van der Waals surface area contributed by atoms with Gasteiger partial charge in [0.25, 0.3) is 0 Å². The molecule has 27 heavy (non-hydrogen) atoms. The number of ether oxygens (including phenoxy) is 2. The van der Waals surface area contributed by atoms with E-state index in [0.29, 0.717) is 13.2 Å². The van der Waals surface area contributed by atoms with Crippen molar-refractivity contribution in [2.75, 3.05) is 53.6 Å². The fraction of sp³-hybridized carbons (Fsp3) is 0.650. The Labute approximate surface area is 181 Å². The molecule has 2 N–H and O–H groups in total. The zero-order chi connectivity index (χ0) is 18.6. The molecule has 7 heteroatoms. The van der Waals surface area contributed by atoms with Crippen molar-refractivity contribution < 1.29 is 9.47 Å². The van der Waals surface area contributed by atoms with Crippen molar-refractivity contribution in [3.63, 3.8) is 0 Å². The summed E-state index contributed by atoms with van der Waals surface area (Å²) in [4.78, 5) is 7.40. The molecule has 1 aromatic rings. The molecule has 0 amide bonds. The van der Waals surface area contributed by atoms with Crippen LogP contribution < -0.4 is 15.4 Å². The lowest BCUT2D eigenvalue weighted by Gasteiger charge is -2.34. The number of methoxy groups -OCH3 is 2. The summed E-state index contributed by atoms with van der Waals surface area (Å²) >= 11 is 0. The van der Waals surface area contributed by atoms with Gasteiger partial charge in [0.05, 0.1) is 26.3 Å². The summed E-state index contributed by atoms with van der Waals surface area (Å²) in [6, 6.07) is 8.54. The number of benzene rings is 1. The van der Waals surface area contributed by atoms with Crippen molar-refractivity contribution in [3.8, 4) is 5.75 Å². The van der Waals surface area contributed by atoms with Gasteiger partial charge >= 0.3 is 0 Å². The third-order valence-electron chi connectivity index (χ3n) is 4.69. The van der Waals surface area contributed by atoms with Gasteiger partial charge in [-0.25, -0.2) is 0 Å². The maximum Gasteiger partial charge on any atom is 0.191 e. The van der Waals surface area contributed by atoms with E-state index in [-0.39, 0.29) is 30.0 Å². The summed E-state index contributed by atoms with van der Waals surface area (Å²) < 4.78 is 10.7. The van der Waals surface area contributed by atoms with Gasteiger partial charge in [0.15, 0.2) is 5.96 Å². The smallest absolute Gasteiger partial charge is 0.191 e. The summed E-state index contributed by atoms with van der Waals surface area (Å²) in [7, 11) is 3.45. The topological polar surface area (TPSA) is 58.1 Å². The Bertz CT molecular complexity index is 551. The average molecular weight is 490 g/mol. The summed E-state index contributed by atoms with van der Waals surface area (Å²) in [5, 5.41) is 6.64. The SMILES string of the molecule is CCNC(=NCC(c1ccccc1OC)N1CCCCC1)NCCOC.I. The molecule has 1 aromatic carbocycles. The molecule has 1 heterocycles. The van der Waals surface area contributed by atoms with E-state index in [1.807, 2.05) is 12.1 Å². The van der Waals surface area contributed by atoms with Gasteiger partial charge in [-0.3, -0.25) is 9.89 Å². The minimum Gasteiger partial charge on any atom is -0.496 e. The number of piperidine rings is 1. The van der Waals surface area contributed by atoms with E-state index in [2.05, 4.69) is 34.6 Å². The van der Waals surface area contributed by atoms with Gasteiger partial charge in [-0.05, 0) is 38.9 Å². The van der Waals surface area contributed by atoms with Crippen LogP contribution in [0, 0.1) is 0 Å². The van der Waals surface area contributed by atoms with Crippen molar-refractivity contribution in [3.05, 3.63) is 29.8 Å². The van der Waals surface area contributed by atoms with E-state index in [0.717, 1.165) is 37.9 Å². The monoisotopic (exact) mass is 490 g/mol. The fourth-order valence-electron chi connectivity index (χ4n) is 3.37. The van der Waals surface area contributed by atoms with Crippen LogP contribution in [0.25, 0.3) is 0 Å². The van der Waals surface area contributed by atoms with Crippen LogP contribution in [0.4, 0.5) is 0 Å². The third kappa shape index (κ3) is 7.83. The third-order valence-corrected chi connectivity index (χ3v) is 4.69. The first kappa shape index (κ1) is 24.0. The Morgan fingerprint density at radius 3 is 2.56 bits per heavy atom. The molecule has 2 rings (SSSR count). The van der Waals surface area contributed by atoms with E-state index in [9.17, 15) is 0 Å². The van der Waals surface area contributed by atoms with Crippen LogP contribution in [0.1, 0.15) is 37.8 Å². The number of guanidine groups is 1. The maximum absolute atomic E-state index is 5.63. The van der Waals surface area contributed by atoms with E-state index < -0.39 is 0 Å².